The highest BCUT2D eigenvalue weighted by Gasteiger charge is 2.22. The van der Waals surface area contributed by atoms with Crippen LogP contribution in [0.25, 0.3) is 10.1 Å². The molecule has 35 heavy (non-hydrogen) atoms. The van der Waals surface area contributed by atoms with E-state index in [4.69, 9.17) is 83.5 Å². The van der Waals surface area contributed by atoms with Gasteiger partial charge in [-0.2, -0.15) is 0 Å². The molecular formula is C22H11Cl6NO5S. The fourth-order valence-electron chi connectivity index (χ4n) is 2.99. The maximum absolute atomic E-state index is 12.7. The van der Waals surface area contributed by atoms with Gasteiger partial charge >= 0.3 is 5.97 Å². The normalized spacial score (nSPS) is 11.1. The predicted octanol–water partition coefficient (Wildman–Crippen LogP) is 9.03. The first kappa shape index (κ1) is 26.2. The lowest BCUT2D eigenvalue weighted by Crippen LogP contribution is -2.10. The summed E-state index contributed by atoms with van der Waals surface area (Å²) in [6, 6.07) is 8.09. The van der Waals surface area contributed by atoms with E-state index < -0.39 is 11.9 Å². The number of ether oxygens (including phenoxy) is 2. The quantitative estimate of drug-likeness (QED) is 0.133. The van der Waals surface area contributed by atoms with Crippen LogP contribution in [-0.4, -0.2) is 19.0 Å². The van der Waals surface area contributed by atoms with Gasteiger partial charge in [-0.3, -0.25) is 4.79 Å². The van der Waals surface area contributed by atoms with Gasteiger partial charge in [0.1, 0.15) is 27.3 Å². The van der Waals surface area contributed by atoms with Crippen molar-refractivity contribution in [1.82, 2.24) is 0 Å². The smallest absolute Gasteiger partial charge is 0.349 e. The molecule has 1 N–H and O–H groups in total. The van der Waals surface area contributed by atoms with Gasteiger partial charge in [0.15, 0.2) is 11.5 Å². The molecule has 0 atom stereocenters. The third-order valence-electron chi connectivity index (χ3n) is 4.67. The number of thiophene rings is 1. The molecule has 0 radical (unpaired) electrons. The van der Waals surface area contributed by atoms with Crippen molar-refractivity contribution in [3.8, 4) is 5.75 Å². The summed E-state index contributed by atoms with van der Waals surface area (Å²) in [5, 5.41) is 3.71. The Bertz CT molecular complexity index is 1450. The highest BCUT2D eigenvalue weighted by atomic mass is 35.5. The van der Waals surface area contributed by atoms with E-state index in [-0.39, 0.29) is 48.1 Å². The number of furan rings is 1. The zero-order chi connectivity index (χ0) is 25.4. The number of carbonyl (C=O) groups excluding carboxylic acids is 2. The molecule has 0 unspecified atom stereocenters. The van der Waals surface area contributed by atoms with Crippen molar-refractivity contribution in [3.63, 3.8) is 0 Å². The SMILES string of the molecule is COC(=O)c1sc2cc(NC(=O)c3ccc(COc4c(Cl)c(Cl)c(Cl)c(Cl)c4Cl)o3)ccc2c1Cl. The van der Waals surface area contributed by atoms with Crippen LogP contribution < -0.4 is 10.1 Å². The monoisotopic (exact) mass is 611 g/mol. The van der Waals surface area contributed by atoms with Gasteiger partial charge < -0.3 is 19.2 Å². The zero-order valence-electron chi connectivity index (χ0n) is 17.3. The van der Waals surface area contributed by atoms with Gasteiger partial charge in [-0.05, 0) is 30.3 Å². The number of anilines is 1. The molecule has 4 aromatic rings. The van der Waals surface area contributed by atoms with Crippen molar-refractivity contribution in [2.24, 2.45) is 0 Å². The van der Waals surface area contributed by atoms with Gasteiger partial charge in [-0.15, -0.1) is 11.3 Å². The number of hydrogen-bond donors (Lipinski definition) is 1. The molecule has 182 valence electrons. The molecule has 0 aliphatic carbocycles. The van der Waals surface area contributed by atoms with E-state index in [2.05, 4.69) is 5.32 Å². The van der Waals surface area contributed by atoms with Crippen LogP contribution >= 0.6 is 80.9 Å². The Balaban J connectivity index is 1.47. The molecule has 13 heteroatoms. The minimum absolute atomic E-state index is 0.0000472. The standard InChI is InChI=1S/C22H11Cl6NO5S/c1-32-22(31)20-13(23)10-4-2-8(6-12(10)35-20)29-21(30)11-5-3-9(34-11)7-33-19-17(27)15(25)14(24)16(26)18(19)28/h2-6H,7H2,1H3,(H,29,30). The lowest BCUT2D eigenvalue weighted by Gasteiger charge is -2.12. The molecule has 0 spiro atoms. The van der Waals surface area contributed by atoms with Crippen LogP contribution in [0.1, 0.15) is 26.0 Å². The summed E-state index contributed by atoms with van der Waals surface area (Å²) >= 11 is 37.8. The highest BCUT2D eigenvalue weighted by molar-refractivity contribution is 7.21. The average Bonchev–Trinajstić information content (AvgIpc) is 3.45. The van der Waals surface area contributed by atoms with E-state index in [1.54, 1.807) is 24.3 Å². The molecule has 0 aliphatic heterocycles. The molecule has 1 amide bonds. The van der Waals surface area contributed by atoms with Gasteiger partial charge in [0, 0.05) is 15.8 Å². The van der Waals surface area contributed by atoms with Crippen molar-refractivity contribution in [1.29, 1.82) is 0 Å². The lowest BCUT2D eigenvalue weighted by atomic mass is 10.2. The fourth-order valence-corrected chi connectivity index (χ4v) is 5.69. The van der Waals surface area contributed by atoms with Crippen molar-refractivity contribution >= 4 is 109 Å². The van der Waals surface area contributed by atoms with Crippen LogP contribution in [0.2, 0.25) is 30.1 Å². The van der Waals surface area contributed by atoms with Crippen LogP contribution in [0.4, 0.5) is 5.69 Å². The second-order valence-corrected chi connectivity index (χ2v) is 10.2. The minimum Gasteiger partial charge on any atom is -0.482 e. The highest BCUT2D eigenvalue weighted by Crippen LogP contribution is 2.48. The Morgan fingerprint density at radius 2 is 1.57 bits per heavy atom. The minimum atomic E-state index is -0.530. The van der Waals surface area contributed by atoms with Crippen molar-refractivity contribution < 1.29 is 23.5 Å². The predicted molar refractivity (Wildman–Crippen MR) is 141 cm³/mol. The summed E-state index contributed by atoms with van der Waals surface area (Å²) in [4.78, 5) is 24.8. The van der Waals surface area contributed by atoms with Crippen molar-refractivity contribution in [2.45, 2.75) is 6.61 Å². The number of carbonyl (C=O) groups is 2. The number of rotatable bonds is 6. The first-order chi connectivity index (χ1) is 16.6. The van der Waals surface area contributed by atoms with Gasteiger partial charge in [-0.25, -0.2) is 4.79 Å². The summed E-state index contributed by atoms with van der Waals surface area (Å²) in [5.74, 6) is -0.650. The second kappa shape index (κ2) is 10.6. The number of benzene rings is 2. The maximum Gasteiger partial charge on any atom is 0.349 e. The van der Waals surface area contributed by atoms with Crippen LogP contribution in [0.3, 0.4) is 0 Å². The Morgan fingerprint density at radius 1 is 0.914 bits per heavy atom. The zero-order valence-corrected chi connectivity index (χ0v) is 22.7. The lowest BCUT2D eigenvalue weighted by molar-refractivity contribution is 0.0606. The number of nitrogens with one attached hydrogen (secondary N) is 1. The van der Waals surface area contributed by atoms with Crippen LogP contribution in [0, 0.1) is 0 Å². The van der Waals surface area contributed by atoms with Crippen LogP contribution in [-0.2, 0) is 11.3 Å². The van der Waals surface area contributed by atoms with Gasteiger partial charge in [0.05, 0.1) is 27.2 Å². The largest absolute Gasteiger partial charge is 0.482 e. The Hall–Kier alpha value is -1.84. The molecule has 2 heterocycles. The summed E-state index contributed by atoms with van der Waals surface area (Å²) in [6.45, 7) is -0.114. The maximum atomic E-state index is 12.7. The Morgan fingerprint density at radius 3 is 2.23 bits per heavy atom. The summed E-state index contributed by atoms with van der Waals surface area (Å²) < 4.78 is 16.6. The van der Waals surface area contributed by atoms with Gasteiger partial charge in [0.2, 0.25) is 0 Å². The van der Waals surface area contributed by atoms with Crippen LogP contribution in [0.15, 0.2) is 34.7 Å². The van der Waals surface area contributed by atoms with E-state index in [1.165, 1.54) is 13.2 Å². The molecule has 4 rings (SSSR count). The van der Waals surface area contributed by atoms with Crippen molar-refractivity contribution in [2.75, 3.05) is 12.4 Å². The number of hydrogen-bond acceptors (Lipinski definition) is 6. The number of fused-ring (bicyclic) bond motifs is 1. The number of methoxy groups -OCH3 is 1. The van der Waals surface area contributed by atoms with E-state index in [0.29, 0.717) is 26.6 Å². The first-order valence-electron chi connectivity index (χ1n) is 9.47. The molecular weight excluding hydrogens is 603 g/mol. The molecule has 0 aliphatic rings. The molecule has 0 fully saturated rings. The molecule has 6 nitrogen and oxygen atoms in total. The molecule has 0 bridgehead atoms. The summed E-state index contributed by atoms with van der Waals surface area (Å²) in [7, 11) is 1.28. The average molecular weight is 614 g/mol. The van der Waals surface area contributed by atoms with E-state index in [1.807, 2.05) is 0 Å². The molecule has 2 aromatic carbocycles. The van der Waals surface area contributed by atoms with E-state index in [9.17, 15) is 9.59 Å². The number of halogens is 6. The third-order valence-corrected chi connectivity index (χ3v) is 8.55. The topological polar surface area (TPSA) is 77.8 Å². The summed E-state index contributed by atoms with van der Waals surface area (Å²) in [5.41, 5.74) is 0.482. The summed E-state index contributed by atoms with van der Waals surface area (Å²) in [6.07, 6.45) is 0. The molecule has 0 saturated carbocycles. The van der Waals surface area contributed by atoms with E-state index >= 15 is 0 Å². The van der Waals surface area contributed by atoms with E-state index in [0.717, 1.165) is 11.3 Å². The third kappa shape index (κ3) is 5.18. The second-order valence-electron chi connectivity index (χ2n) is 6.86. The van der Waals surface area contributed by atoms with Crippen LogP contribution in [0.5, 0.6) is 5.75 Å². The Labute approximate surface area is 232 Å². The number of esters is 1. The van der Waals surface area contributed by atoms with Crippen molar-refractivity contribution in [3.05, 3.63) is 76.9 Å². The van der Waals surface area contributed by atoms with Gasteiger partial charge in [-0.1, -0.05) is 69.6 Å². The number of amides is 1. The Kier molecular flexibility index (Phi) is 7.98. The molecule has 0 saturated heterocycles. The first-order valence-corrected chi connectivity index (χ1v) is 12.6. The molecule has 2 aromatic heterocycles. The fraction of sp³-hybridized carbons (Fsp3) is 0.0909. The van der Waals surface area contributed by atoms with Gasteiger partial charge in [0.25, 0.3) is 5.91 Å².